The summed E-state index contributed by atoms with van der Waals surface area (Å²) in [6.07, 6.45) is -3.85. The van der Waals surface area contributed by atoms with Gasteiger partial charge in [-0.1, -0.05) is 19.1 Å². The van der Waals surface area contributed by atoms with Gasteiger partial charge in [-0.25, -0.2) is 0 Å². The lowest BCUT2D eigenvalue weighted by Gasteiger charge is -2.10. The van der Waals surface area contributed by atoms with Crippen LogP contribution in [0.5, 0.6) is 0 Å². The average molecular weight is 278 g/mol. The van der Waals surface area contributed by atoms with Crippen LogP contribution in [0.3, 0.4) is 0 Å². The van der Waals surface area contributed by atoms with Crippen molar-refractivity contribution in [3.63, 3.8) is 0 Å². The number of thioether (sulfide) groups is 1. The van der Waals surface area contributed by atoms with Gasteiger partial charge in [0.25, 0.3) is 0 Å². The maximum atomic E-state index is 12.3. The second-order valence-corrected chi connectivity index (χ2v) is 4.93. The normalized spacial score (nSPS) is 13.3. The molecule has 1 unspecified atom stereocenters. The lowest BCUT2D eigenvalue weighted by molar-refractivity contribution is -0.138. The van der Waals surface area contributed by atoms with Crippen molar-refractivity contribution < 1.29 is 23.1 Å². The van der Waals surface area contributed by atoms with Gasteiger partial charge in [0.15, 0.2) is 0 Å². The van der Waals surface area contributed by atoms with E-state index in [4.69, 9.17) is 5.11 Å². The molecule has 0 saturated carbocycles. The van der Waals surface area contributed by atoms with Crippen molar-refractivity contribution in [3.05, 3.63) is 35.4 Å². The predicted octanol–water partition coefficient (Wildman–Crippen LogP) is 3.80. The first kappa shape index (κ1) is 14.9. The Morgan fingerprint density at radius 2 is 1.89 bits per heavy atom. The van der Waals surface area contributed by atoms with Crippen LogP contribution >= 0.6 is 11.8 Å². The molecule has 100 valence electrons. The molecule has 0 fully saturated rings. The van der Waals surface area contributed by atoms with Crippen molar-refractivity contribution in [2.75, 3.05) is 0 Å². The highest BCUT2D eigenvalue weighted by atomic mass is 32.2. The number of halogens is 3. The van der Waals surface area contributed by atoms with Gasteiger partial charge in [0, 0.05) is 5.75 Å². The summed E-state index contributed by atoms with van der Waals surface area (Å²) in [6.45, 7) is 1.76. The van der Waals surface area contributed by atoms with E-state index in [0.29, 0.717) is 17.7 Å². The van der Waals surface area contributed by atoms with Gasteiger partial charge in [0.2, 0.25) is 0 Å². The first-order valence-corrected chi connectivity index (χ1v) is 6.40. The molecule has 0 aliphatic rings. The molecule has 0 saturated heterocycles. The van der Waals surface area contributed by atoms with Crippen LogP contribution < -0.4 is 0 Å². The molecule has 0 spiro atoms. The Bertz CT molecular complexity index is 401. The lowest BCUT2D eigenvalue weighted by atomic mass is 10.1. The lowest BCUT2D eigenvalue weighted by Crippen LogP contribution is -2.15. The molecule has 1 atom stereocenters. The van der Waals surface area contributed by atoms with Crippen LogP contribution in [0.2, 0.25) is 0 Å². The molecule has 0 radical (unpaired) electrons. The van der Waals surface area contributed by atoms with Crippen molar-refractivity contribution in [1.29, 1.82) is 0 Å². The monoisotopic (exact) mass is 278 g/mol. The Balaban J connectivity index is 2.62. The van der Waals surface area contributed by atoms with Gasteiger partial charge in [-0.15, -0.1) is 11.8 Å². The molecule has 1 N–H and O–H groups in total. The van der Waals surface area contributed by atoms with Gasteiger partial charge >= 0.3 is 12.1 Å². The molecular formula is C12H13F3O2S. The van der Waals surface area contributed by atoms with Gasteiger partial charge in [-0.05, 0) is 24.1 Å². The first-order chi connectivity index (χ1) is 8.34. The quantitative estimate of drug-likeness (QED) is 0.890. The number of aliphatic carboxylic acids is 1. The first-order valence-electron chi connectivity index (χ1n) is 5.35. The molecule has 0 aliphatic heterocycles. The number of hydrogen-bond donors (Lipinski definition) is 1. The molecule has 0 amide bonds. The average Bonchev–Trinajstić information content (AvgIpc) is 2.29. The second kappa shape index (κ2) is 6.13. The summed E-state index contributed by atoms with van der Waals surface area (Å²) in [5.74, 6) is -0.502. The predicted molar refractivity (Wildman–Crippen MR) is 64.5 cm³/mol. The zero-order chi connectivity index (χ0) is 13.8. The van der Waals surface area contributed by atoms with Crippen molar-refractivity contribution in [2.24, 2.45) is 0 Å². The Morgan fingerprint density at radius 1 is 1.33 bits per heavy atom. The minimum atomic E-state index is -4.33. The highest BCUT2D eigenvalue weighted by molar-refractivity contribution is 7.99. The molecule has 0 aromatic heterocycles. The fraction of sp³-hybridized carbons (Fsp3) is 0.417. The van der Waals surface area contributed by atoms with E-state index in [9.17, 15) is 18.0 Å². The number of rotatable bonds is 5. The van der Waals surface area contributed by atoms with Crippen LogP contribution in [-0.2, 0) is 16.7 Å². The van der Waals surface area contributed by atoms with E-state index in [1.165, 1.54) is 23.9 Å². The Morgan fingerprint density at radius 3 is 2.28 bits per heavy atom. The third kappa shape index (κ3) is 4.25. The van der Waals surface area contributed by atoms with E-state index in [-0.39, 0.29) is 0 Å². The maximum absolute atomic E-state index is 12.3. The van der Waals surface area contributed by atoms with Crippen LogP contribution in [-0.4, -0.2) is 16.3 Å². The van der Waals surface area contributed by atoms with E-state index in [1.807, 2.05) is 0 Å². The number of benzene rings is 1. The molecule has 1 aromatic carbocycles. The molecule has 1 rings (SSSR count). The fourth-order valence-corrected chi connectivity index (χ4v) is 2.31. The molecule has 0 heterocycles. The number of carboxylic acid groups (broad SMARTS) is 1. The van der Waals surface area contributed by atoms with Crippen LogP contribution in [0.4, 0.5) is 13.2 Å². The van der Waals surface area contributed by atoms with E-state index < -0.39 is 23.0 Å². The third-order valence-electron chi connectivity index (χ3n) is 2.38. The van der Waals surface area contributed by atoms with Gasteiger partial charge in [-0.3, -0.25) is 4.79 Å². The van der Waals surface area contributed by atoms with Crippen LogP contribution in [0.1, 0.15) is 24.5 Å². The van der Waals surface area contributed by atoms with E-state index in [2.05, 4.69) is 0 Å². The van der Waals surface area contributed by atoms with Crippen molar-refractivity contribution in [1.82, 2.24) is 0 Å². The summed E-state index contributed by atoms with van der Waals surface area (Å²) in [6, 6.07) is 4.78. The maximum Gasteiger partial charge on any atom is 0.416 e. The van der Waals surface area contributed by atoms with Crippen molar-refractivity contribution >= 4 is 17.7 Å². The summed E-state index contributed by atoms with van der Waals surface area (Å²) >= 11 is 1.22. The standard InChI is InChI=1S/C12H13F3O2S/c1-2-10(11(16)17)18-7-8-3-5-9(6-4-8)12(13,14)15/h3-6,10H,2,7H2,1H3,(H,16,17). The highest BCUT2D eigenvalue weighted by Gasteiger charge is 2.29. The molecule has 1 aromatic rings. The summed E-state index contributed by atoms with van der Waals surface area (Å²) < 4.78 is 36.9. The van der Waals surface area contributed by atoms with Crippen LogP contribution in [0.15, 0.2) is 24.3 Å². The Labute approximate surface area is 107 Å². The zero-order valence-corrected chi connectivity index (χ0v) is 10.5. The van der Waals surface area contributed by atoms with Crippen LogP contribution in [0, 0.1) is 0 Å². The van der Waals surface area contributed by atoms with Gasteiger partial charge in [-0.2, -0.15) is 13.2 Å². The van der Waals surface area contributed by atoms with Gasteiger partial charge in [0.05, 0.1) is 5.56 Å². The Kier molecular flexibility index (Phi) is 5.07. The Hall–Kier alpha value is -1.17. The smallest absolute Gasteiger partial charge is 0.416 e. The molecule has 0 aliphatic carbocycles. The van der Waals surface area contributed by atoms with E-state index in [1.54, 1.807) is 6.92 Å². The molecular weight excluding hydrogens is 265 g/mol. The zero-order valence-electron chi connectivity index (χ0n) is 9.70. The SMILES string of the molecule is CCC(SCc1ccc(C(F)(F)F)cc1)C(=O)O. The van der Waals surface area contributed by atoms with E-state index >= 15 is 0 Å². The van der Waals surface area contributed by atoms with Crippen LogP contribution in [0.25, 0.3) is 0 Å². The number of carboxylic acids is 1. The third-order valence-corrected chi connectivity index (χ3v) is 3.82. The number of hydrogen-bond acceptors (Lipinski definition) is 2. The van der Waals surface area contributed by atoms with Crippen molar-refractivity contribution in [3.8, 4) is 0 Å². The molecule has 2 nitrogen and oxygen atoms in total. The largest absolute Gasteiger partial charge is 0.480 e. The summed E-state index contributed by atoms with van der Waals surface area (Å²) in [7, 11) is 0. The molecule has 18 heavy (non-hydrogen) atoms. The van der Waals surface area contributed by atoms with Gasteiger partial charge < -0.3 is 5.11 Å². The summed E-state index contributed by atoms with van der Waals surface area (Å²) in [5.41, 5.74) is -0.00535. The number of alkyl halides is 3. The molecule has 6 heteroatoms. The fourth-order valence-electron chi connectivity index (χ4n) is 1.35. The highest BCUT2D eigenvalue weighted by Crippen LogP contribution is 2.30. The van der Waals surface area contributed by atoms with Crippen molar-refractivity contribution in [2.45, 2.75) is 30.5 Å². The number of carbonyl (C=O) groups is 1. The minimum absolute atomic E-state index is 0.392. The van der Waals surface area contributed by atoms with E-state index in [0.717, 1.165) is 12.1 Å². The summed E-state index contributed by atoms with van der Waals surface area (Å²) in [4.78, 5) is 10.8. The molecule has 0 bridgehead atoms. The van der Waals surface area contributed by atoms with Gasteiger partial charge in [0.1, 0.15) is 5.25 Å². The topological polar surface area (TPSA) is 37.3 Å². The minimum Gasteiger partial charge on any atom is -0.480 e. The summed E-state index contributed by atoms with van der Waals surface area (Å²) in [5, 5.41) is 8.31. The second-order valence-electron chi connectivity index (χ2n) is 3.74.